The van der Waals surface area contributed by atoms with Crippen molar-refractivity contribution in [3.05, 3.63) is 12.7 Å². The molecule has 0 aliphatic carbocycles. The molecule has 1 saturated heterocycles. The van der Waals surface area contributed by atoms with E-state index < -0.39 is 31.1 Å². The molecular formula is C10H13N5O4. The number of rotatable bonds is 2. The van der Waals surface area contributed by atoms with Gasteiger partial charge in [-0.25, -0.2) is 15.0 Å². The molecule has 5 N–H and O–H groups in total. The molecule has 0 amide bonds. The van der Waals surface area contributed by atoms with E-state index in [1.165, 1.54) is 17.2 Å². The van der Waals surface area contributed by atoms with Gasteiger partial charge in [-0.1, -0.05) is 0 Å². The van der Waals surface area contributed by atoms with Gasteiger partial charge in [0.2, 0.25) is 0 Å². The van der Waals surface area contributed by atoms with E-state index in [2.05, 4.69) is 15.0 Å². The topological polar surface area (TPSA) is 140 Å². The summed E-state index contributed by atoms with van der Waals surface area (Å²) in [6.07, 6.45) is -1.42. The zero-order chi connectivity index (χ0) is 13.6. The largest absolute Gasteiger partial charge is 0.394 e. The molecule has 1 aliphatic rings. The summed E-state index contributed by atoms with van der Waals surface area (Å²) in [6, 6.07) is 0. The lowest BCUT2D eigenvalue weighted by atomic mass is 10.1. The molecule has 4 atom stereocenters. The Morgan fingerprint density at radius 2 is 2.05 bits per heavy atom. The second-order valence-electron chi connectivity index (χ2n) is 4.31. The average molecular weight is 270 g/mol. The van der Waals surface area contributed by atoms with Gasteiger partial charge in [-0.05, 0) is 0 Å². The molecule has 0 spiro atoms. The SMILES string of the molecule is Nc1ncn[13c]2c1[15n][13cH]n2[C@@H]1O[C@H](CO)[C@@H](O)[C@H]1O. The van der Waals surface area contributed by atoms with Gasteiger partial charge in [0.05, 0.1) is 12.9 Å². The maximum Gasteiger partial charge on any atom is 0.167 e. The molecule has 19 heavy (non-hydrogen) atoms. The number of hydrogen-bond acceptors (Lipinski definition) is 8. The first-order valence-electron chi connectivity index (χ1n) is 5.69. The van der Waals surface area contributed by atoms with Crippen LogP contribution in [0, 0.1) is 0 Å². The van der Waals surface area contributed by atoms with Crippen LogP contribution in [0.25, 0.3) is 11.2 Å². The first-order valence-corrected chi connectivity index (χ1v) is 5.69. The lowest BCUT2D eigenvalue weighted by Gasteiger charge is -2.16. The summed E-state index contributed by atoms with van der Waals surface area (Å²) in [5.74, 6) is 0.218. The number of ether oxygens (including phenoxy) is 1. The standard InChI is InChI=1S/C10H13N5O4/c11-8-5-9(13-2-12-8)15(3-14-5)10-7(18)6(17)4(1-16)19-10/h2-4,6-7,10,16-18H,1H2,(H2,11,12,13)/t4-,6-,7-,10-/m1/s1/i3+1,9+1,14+1. The Labute approximate surface area is 107 Å². The molecule has 0 bridgehead atoms. The first-order chi connectivity index (χ1) is 9.13. The summed E-state index contributed by atoms with van der Waals surface area (Å²) in [6.45, 7) is -0.390. The number of nitrogens with zero attached hydrogens (tertiary/aromatic N) is 4. The lowest BCUT2D eigenvalue weighted by Crippen LogP contribution is -2.33. The number of fused-ring (bicyclic) bond motifs is 1. The molecule has 3 heterocycles. The minimum Gasteiger partial charge on any atom is -0.394 e. The van der Waals surface area contributed by atoms with Gasteiger partial charge in [-0.2, -0.15) is 0 Å². The van der Waals surface area contributed by atoms with Gasteiger partial charge in [0.15, 0.2) is 17.7 Å². The van der Waals surface area contributed by atoms with Crippen LogP contribution in [0.15, 0.2) is 12.7 Å². The van der Waals surface area contributed by atoms with Crippen molar-refractivity contribution < 1.29 is 20.1 Å². The Morgan fingerprint density at radius 3 is 2.74 bits per heavy atom. The Balaban J connectivity index is 2.04. The van der Waals surface area contributed by atoms with Crippen molar-refractivity contribution in [2.45, 2.75) is 24.5 Å². The van der Waals surface area contributed by atoms with E-state index in [0.29, 0.717) is 11.2 Å². The number of aliphatic hydroxyl groups is 3. The number of nitrogen functional groups attached to an aromatic ring is 1. The highest BCUT2D eigenvalue weighted by atomic mass is 16.6. The fourth-order valence-electron chi connectivity index (χ4n) is 2.17. The Kier molecular flexibility index (Phi) is 2.82. The Morgan fingerprint density at radius 1 is 1.26 bits per heavy atom. The van der Waals surface area contributed by atoms with Gasteiger partial charge in [-0.15, -0.1) is 0 Å². The minimum atomic E-state index is -1.19. The highest BCUT2D eigenvalue weighted by Gasteiger charge is 2.43. The van der Waals surface area contributed by atoms with E-state index in [-0.39, 0.29) is 5.82 Å². The van der Waals surface area contributed by atoms with Crippen LogP contribution in [0.2, 0.25) is 0 Å². The molecule has 2 aromatic heterocycles. The summed E-state index contributed by atoms with van der Waals surface area (Å²) >= 11 is 0. The second kappa shape index (κ2) is 4.38. The third-order valence-electron chi connectivity index (χ3n) is 3.18. The zero-order valence-corrected chi connectivity index (χ0v) is 9.79. The van der Waals surface area contributed by atoms with E-state index in [4.69, 9.17) is 15.6 Å². The zero-order valence-electron chi connectivity index (χ0n) is 9.79. The number of aliphatic hydroxyl groups excluding tert-OH is 3. The van der Waals surface area contributed by atoms with Crippen LogP contribution in [0.5, 0.6) is 0 Å². The smallest absolute Gasteiger partial charge is 0.167 e. The predicted octanol–water partition coefficient (Wildman–Crippen LogP) is -1.98. The van der Waals surface area contributed by atoms with Gasteiger partial charge in [-0.3, -0.25) is 4.57 Å². The first kappa shape index (κ1) is 12.2. The predicted molar refractivity (Wildman–Crippen MR) is 62.7 cm³/mol. The van der Waals surface area contributed by atoms with Crippen molar-refractivity contribution >= 4 is 17.0 Å². The molecule has 1 fully saturated rings. The van der Waals surface area contributed by atoms with Crippen LogP contribution in [0.1, 0.15) is 6.23 Å². The van der Waals surface area contributed by atoms with Crippen LogP contribution in [-0.2, 0) is 4.74 Å². The fraction of sp³-hybridized carbons (Fsp3) is 0.500. The maximum absolute atomic E-state index is 9.95. The highest BCUT2D eigenvalue weighted by molar-refractivity contribution is 5.81. The summed E-state index contributed by atoms with van der Waals surface area (Å²) in [5, 5.41) is 28.7. The lowest BCUT2D eigenvalue weighted by molar-refractivity contribution is -0.0511. The van der Waals surface area contributed by atoms with Crippen molar-refractivity contribution in [3.8, 4) is 0 Å². The molecule has 2 aromatic rings. The van der Waals surface area contributed by atoms with E-state index >= 15 is 0 Å². The molecule has 9 heteroatoms. The summed E-state index contributed by atoms with van der Waals surface area (Å²) in [7, 11) is 0. The molecule has 0 unspecified atom stereocenters. The van der Waals surface area contributed by atoms with Gasteiger partial charge >= 0.3 is 0 Å². The van der Waals surface area contributed by atoms with Gasteiger partial charge in [0.1, 0.15) is 30.2 Å². The van der Waals surface area contributed by atoms with Gasteiger partial charge in [0, 0.05) is 0 Å². The van der Waals surface area contributed by atoms with Gasteiger partial charge < -0.3 is 25.8 Å². The number of imidazole rings is 1. The highest BCUT2D eigenvalue weighted by Crippen LogP contribution is 2.31. The van der Waals surface area contributed by atoms with Crippen LogP contribution in [0.3, 0.4) is 0 Å². The van der Waals surface area contributed by atoms with Gasteiger partial charge in [0.25, 0.3) is 0 Å². The number of anilines is 1. The molecule has 102 valence electrons. The summed E-state index contributed by atoms with van der Waals surface area (Å²) in [4.78, 5) is 11.9. The van der Waals surface area contributed by atoms with Crippen molar-refractivity contribution in [3.63, 3.8) is 0 Å². The van der Waals surface area contributed by atoms with Crippen molar-refractivity contribution in [2.75, 3.05) is 12.3 Å². The van der Waals surface area contributed by atoms with E-state index in [0.717, 1.165) is 0 Å². The number of nitrogens with two attached hydrogens (primary N) is 1. The van der Waals surface area contributed by atoms with Crippen molar-refractivity contribution in [1.29, 1.82) is 0 Å². The third kappa shape index (κ3) is 1.75. The van der Waals surface area contributed by atoms with Crippen LogP contribution < -0.4 is 5.73 Å². The van der Waals surface area contributed by atoms with Crippen molar-refractivity contribution in [2.24, 2.45) is 0 Å². The number of aromatic nitrogens is 4. The molecular weight excluding hydrogens is 257 g/mol. The van der Waals surface area contributed by atoms with Crippen LogP contribution >= 0.6 is 0 Å². The molecule has 0 aromatic carbocycles. The number of hydrogen-bond donors (Lipinski definition) is 4. The third-order valence-corrected chi connectivity index (χ3v) is 3.18. The second-order valence-corrected chi connectivity index (χ2v) is 4.31. The molecule has 3 rings (SSSR count). The Bertz CT molecular complexity index is 603. The summed E-state index contributed by atoms with van der Waals surface area (Å²) in [5.41, 5.74) is 6.44. The maximum atomic E-state index is 9.95. The van der Waals surface area contributed by atoms with E-state index in [9.17, 15) is 10.2 Å². The van der Waals surface area contributed by atoms with Crippen molar-refractivity contribution in [1.82, 2.24) is 19.5 Å². The fourth-order valence-corrected chi connectivity index (χ4v) is 2.17. The Hall–Kier alpha value is -1.81. The molecule has 0 saturated carbocycles. The molecule has 0 radical (unpaired) electrons. The molecule has 9 nitrogen and oxygen atoms in total. The molecule has 1 aliphatic heterocycles. The minimum absolute atomic E-state index is 0.218. The van der Waals surface area contributed by atoms with E-state index in [1.54, 1.807) is 0 Å². The quantitative estimate of drug-likeness (QED) is 0.492. The van der Waals surface area contributed by atoms with E-state index in [1.807, 2.05) is 0 Å². The monoisotopic (exact) mass is 270 g/mol. The van der Waals surface area contributed by atoms with Crippen LogP contribution in [0.4, 0.5) is 5.82 Å². The average Bonchev–Trinajstić information content (AvgIpc) is 2.94. The van der Waals surface area contributed by atoms with Crippen LogP contribution in [-0.4, -0.2) is 59.8 Å². The normalized spacial score (nSPS) is 31.1. The summed E-state index contributed by atoms with van der Waals surface area (Å²) < 4.78 is 6.85.